The van der Waals surface area contributed by atoms with Crippen LogP contribution in [0.5, 0.6) is 0 Å². The molecule has 1 atom stereocenters. The van der Waals surface area contributed by atoms with Crippen LogP contribution in [-0.4, -0.2) is 9.78 Å². The molecule has 3 nitrogen and oxygen atoms in total. The fourth-order valence-electron chi connectivity index (χ4n) is 1.72. The lowest BCUT2D eigenvalue weighted by molar-refractivity contribution is 0.613. The van der Waals surface area contributed by atoms with Gasteiger partial charge in [0.1, 0.15) is 0 Å². The maximum Gasteiger partial charge on any atom is 0.0796 e. The van der Waals surface area contributed by atoms with Gasteiger partial charge in [-0.25, -0.2) is 4.68 Å². The standard InChI is InChI=1S/C13H17N3/c1-2-6-12(14)13-9-10-16(15-13)11-7-4-3-5-8-11/h3-5,7-10,12H,2,6,14H2,1H3. The Morgan fingerprint density at radius 1 is 1.25 bits per heavy atom. The minimum absolute atomic E-state index is 0.0509. The quantitative estimate of drug-likeness (QED) is 0.852. The number of rotatable bonds is 4. The van der Waals surface area contributed by atoms with Crippen molar-refractivity contribution in [2.45, 2.75) is 25.8 Å². The average molecular weight is 215 g/mol. The van der Waals surface area contributed by atoms with Crippen molar-refractivity contribution in [1.82, 2.24) is 9.78 Å². The zero-order chi connectivity index (χ0) is 11.4. The van der Waals surface area contributed by atoms with E-state index in [1.54, 1.807) is 0 Å². The summed E-state index contributed by atoms with van der Waals surface area (Å²) in [7, 11) is 0. The summed E-state index contributed by atoms with van der Waals surface area (Å²) in [4.78, 5) is 0. The van der Waals surface area contributed by atoms with Gasteiger partial charge < -0.3 is 5.73 Å². The summed E-state index contributed by atoms with van der Waals surface area (Å²) in [6, 6.07) is 12.1. The summed E-state index contributed by atoms with van der Waals surface area (Å²) in [5.41, 5.74) is 8.05. The molecule has 0 radical (unpaired) electrons. The van der Waals surface area contributed by atoms with E-state index in [2.05, 4.69) is 12.0 Å². The van der Waals surface area contributed by atoms with E-state index in [-0.39, 0.29) is 6.04 Å². The SMILES string of the molecule is CCCC(N)c1ccn(-c2ccccc2)n1. The van der Waals surface area contributed by atoms with Crippen LogP contribution in [-0.2, 0) is 0 Å². The fraction of sp³-hybridized carbons (Fsp3) is 0.308. The normalized spacial score (nSPS) is 12.6. The molecule has 0 aliphatic carbocycles. The highest BCUT2D eigenvalue weighted by atomic mass is 15.3. The summed E-state index contributed by atoms with van der Waals surface area (Å²) in [5, 5.41) is 4.49. The summed E-state index contributed by atoms with van der Waals surface area (Å²) in [5.74, 6) is 0. The van der Waals surface area contributed by atoms with Gasteiger partial charge in [-0.1, -0.05) is 31.5 Å². The van der Waals surface area contributed by atoms with Crippen molar-refractivity contribution in [2.24, 2.45) is 5.73 Å². The Morgan fingerprint density at radius 2 is 2.00 bits per heavy atom. The van der Waals surface area contributed by atoms with Gasteiger partial charge in [0, 0.05) is 12.2 Å². The van der Waals surface area contributed by atoms with Crippen LogP contribution in [0, 0.1) is 0 Å². The lowest BCUT2D eigenvalue weighted by Gasteiger charge is -2.06. The van der Waals surface area contributed by atoms with Gasteiger partial charge in [-0.2, -0.15) is 5.10 Å². The van der Waals surface area contributed by atoms with E-state index in [1.165, 1.54) is 0 Å². The third-order valence-corrected chi connectivity index (χ3v) is 2.61. The molecule has 1 unspecified atom stereocenters. The molecule has 0 saturated heterocycles. The van der Waals surface area contributed by atoms with Gasteiger partial charge >= 0.3 is 0 Å². The second kappa shape index (κ2) is 4.94. The van der Waals surface area contributed by atoms with E-state index in [4.69, 9.17) is 5.73 Å². The van der Waals surface area contributed by atoms with E-state index >= 15 is 0 Å². The Labute approximate surface area is 95.9 Å². The average Bonchev–Trinajstić information content (AvgIpc) is 2.80. The van der Waals surface area contributed by atoms with E-state index in [1.807, 2.05) is 47.3 Å². The molecule has 1 aromatic heterocycles. The third-order valence-electron chi connectivity index (χ3n) is 2.61. The molecule has 2 aromatic rings. The van der Waals surface area contributed by atoms with Crippen molar-refractivity contribution in [3.8, 4) is 5.69 Å². The molecule has 0 fully saturated rings. The van der Waals surface area contributed by atoms with Crippen LogP contribution in [0.2, 0.25) is 0 Å². The van der Waals surface area contributed by atoms with Crippen LogP contribution < -0.4 is 5.73 Å². The molecule has 16 heavy (non-hydrogen) atoms. The number of para-hydroxylation sites is 1. The second-order valence-electron chi connectivity index (χ2n) is 3.92. The van der Waals surface area contributed by atoms with Gasteiger partial charge in [0.25, 0.3) is 0 Å². The van der Waals surface area contributed by atoms with Crippen LogP contribution in [0.3, 0.4) is 0 Å². The Balaban J connectivity index is 2.20. The largest absolute Gasteiger partial charge is 0.323 e. The fourth-order valence-corrected chi connectivity index (χ4v) is 1.72. The molecule has 0 amide bonds. The predicted molar refractivity (Wildman–Crippen MR) is 65.4 cm³/mol. The molecule has 0 aliphatic heterocycles. The number of aromatic nitrogens is 2. The smallest absolute Gasteiger partial charge is 0.0796 e. The number of nitrogens with two attached hydrogens (primary N) is 1. The molecule has 1 heterocycles. The van der Waals surface area contributed by atoms with Gasteiger partial charge in [-0.3, -0.25) is 0 Å². The lowest BCUT2D eigenvalue weighted by Crippen LogP contribution is -2.11. The van der Waals surface area contributed by atoms with Crippen LogP contribution in [0.1, 0.15) is 31.5 Å². The van der Waals surface area contributed by atoms with Crippen LogP contribution in [0.25, 0.3) is 5.69 Å². The molecule has 0 bridgehead atoms. The first-order chi connectivity index (χ1) is 7.81. The first-order valence-electron chi connectivity index (χ1n) is 5.68. The molecule has 0 saturated carbocycles. The maximum absolute atomic E-state index is 6.02. The van der Waals surface area contributed by atoms with Crippen molar-refractivity contribution in [2.75, 3.05) is 0 Å². The number of benzene rings is 1. The molecular formula is C13H17N3. The molecular weight excluding hydrogens is 198 g/mol. The van der Waals surface area contributed by atoms with Crippen LogP contribution in [0.15, 0.2) is 42.6 Å². The molecule has 0 aliphatic rings. The second-order valence-corrected chi connectivity index (χ2v) is 3.92. The highest BCUT2D eigenvalue weighted by Gasteiger charge is 2.08. The minimum atomic E-state index is 0.0509. The number of nitrogens with zero attached hydrogens (tertiary/aromatic N) is 2. The van der Waals surface area contributed by atoms with E-state index < -0.39 is 0 Å². The molecule has 3 heteroatoms. The van der Waals surface area contributed by atoms with E-state index in [0.29, 0.717) is 0 Å². The van der Waals surface area contributed by atoms with Gasteiger partial charge in [0.2, 0.25) is 0 Å². The zero-order valence-electron chi connectivity index (χ0n) is 9.50. The van der Waals surface area contributed by atoms with Gasteiger partial charge in [-0.05, 0) is 24.6 Å². The lowest BCUT2D eigenvalue weighted by atomic mass is 10.1. The Bertz CT molecular complexity index is 433. The Morgan fingerprint density at radius 3 is 2.69 bits per heavy atom. The van der Waals surface area contributed by atoms with Crippen molar-refractivity contribution < 1.29 is 0 Å². The number of hydrogen-bond acceptors (Lipinski definition) is 2. The summed E-state index contributed by atoms with van der Waals surface area (Å²) in [6.45, 7) is 2.13. The first-order valence-corrected chi connectivity index (χ1v) is 5.68. The summed E-state index contributed by atoms with van der Waals surface area (Å²) in [6.07, 6.45) is 4.02. The number of hydrogen-bond donors (Lipinski definition) is 1. The van der Waals surface area contributed by atoms with Crippen LogP contribution >= 0.6 is 0 Å². The third kappa shape index (κ3) is 2.31. The van der Waals surface area contributed by atoms with E-state index in [9.17, 15) is 0 Å². The van der Waals surface area contributed by atoms with Gasteiger partial charge in [0.05, 0.1) is 11.4 Å². The topological polar surface area (TPSA) is 43.8 Å². The maximum atomic E-state index is 6.02. The van der Waals surface area contributed by atoms with Crippen molar-refractivity contribution in [3.63, 3.8) is 0 Å². The van der Waals surface area contributed by atoms with Crippen molar-refractivity contribution in [1.29, 1.82) is 0 Å². The zero-order valence-corrected chi connectivity index (χ0v) is 9.50. The van der Waals surface area contributed by atoms with Crippen molar-refractivity contribution in [3.05, 3.63) is 48.3 Å². The Kier molecular flexibility index (Phi) is 3.37. The highest BCUT2D eigenvalue weighted by molar-refractivity contribution is 5.30. The highest BCUT2D eigenvalue weighted by Crippen LogP contribution is 2.15. The minimum Gasteiger partial charge on any atom is -0.323 e. The Hall–Kier alpha value is -1.61. The predicted octanol–water partition coefficient (Wildman–Crippen LogP) is 2.67. The molecule has 0 spiro atoms. The first kappa shape index (κ1) is 10.9. The molecule has 2 rings (SSSR count). The van der Waals surface area contributed by atoms with Gasteiger partial charge in [-0.15, -0.1) is 0 Å². The summed E-state index contributed by atoms with van der Waals surface area (Å²) < 4.78 is 1.87. The molecule has 2 N–H and O–H groups in total. The molecule has 1 aromatic carbocycles. The summed E-state index contributed by atoms with van der Waals surface area (Å²) >= 11 is 0. The van der Waals surface area contributed by atoms with Gasteiger partial charge in [0.15, 0.2) is 0 Å². The van der Waals surface area contributed by atoms with Crippen molar-refractivity contribution >= 4 is 0 Å². The van der Waals surface area contributed by atoms with E-state index in [0.717, 1.165) is 24.2 Å². The molecule has 84 valence electrons. The monoisotopic (exact) mass is 215 g/mol. The van der Waals surface area contributed by atoms with Crippen LogP contribution in [0.4, 0.5) is 0 Å².